The van der Waals surface area contributed by atoms with Crippen LogP contribution in [-0.4, -0.2) is 35.9 Å². The van der Waals surface area contributed by atoms with Crippen LogP contribution in [0, 0.1) is 0 Å². The van der Waals surface area contributed by atoms with E-state index in [1.807, 2.05) is 50.4 Å². The van der Waals surface area contributed by atoms with Crippen LogP contribution in [0.2, 0.25) is 0 Å². The van der Waals surface area contributed by atoms with E-state index in [9.17, 15) is 15.0 Å². The number of carbonyl (C=O) groups is 1. The Kier molecular flexibility index (Phi) is 5.66. The average Bonchev–Trinajstić information content (AvgIpc) is 2.69. The molecule has 0 aromatic heterocycles. The van der Waals surface area contributed by atoms with Crippen LogP contribution in [0.4, 0.5) is 5.69 Å². The van der Waals surface area contributed by atoms with Crippen LogP contribution in [0.25, 0.3) is 5.57 Å². The van der Waals surface area contributed by atoms with Crippen molar-refractivity contribution >= 4 is 17.2 Å². The van der Waals surface area contributed by atoms with E-state index in [1.165, 1.54) is 0 Å². The molecule has 0 radical (unpaired) electrons. The lowest BCUT2D eigenvalue weighted by Crippen LogP contribution is -2.41. The maximum absolute atomic E-state index is 11.7. The van der Waals surface area contributed by atoms with Crippen LogP contribution in [-0.2, 0) is 4.79 Å². The zero-order chi connectivity index (χ0) is 19.4. The highest BCUT2D eigenvalue weighted by Crippen LogP contribution is 2.36. The van der Waals surface area contributed by atoms with Crippen LogP contribution in [0.3, 0.4) is 0 Å². The molecule has 2 aromatic rings. The summed E-state index contributed by atoms with van der Waals surface area (Å²) in [5, 5.41) is 26.1. The predicted molar refractivity (Wildman–Crippen MR) is 105 cm³/mol. The third-order valence-corrected chi connectivity index (χ3v) is 4.66. The van der Waals surface area contributed by atoms with Gasteiger partial charge in [0.1, 0.15) is 6.04 Å². The summed E-state index contributed by atoms with van der Waals surface area (Å²) in [6.07, 6.45) is 2.40. The summed E-state index contributed by atoms with van der Waals surface area (Å²) >= 11 is 0. The van der Waals surface area contributed by atoms with Crippen LogP contribution in [0.15, 0.2) is 48.5 Å². The van der Waals surface area contributed by atoms with E-state index in [0.29, 0.717) is 18.8 Å². The molecule has 142 valence electrons. The molecule has 1 aliphatic heterocycles. The Hall–Kier alpha value is -2.99. The number of ether oxygens (including phenoxy) is 1. The quantitative estimate of drug-likeness (QED) is 0.625. The first-order chi connectivity index (χ1) is 13.0. The number of aromatic hydroxyl groups is 1. The van der Waals surface area contributed by atoms with E-state index in [2.05, 4.69) is 10.6 Å². The highest BCUT2D eigenvalue weighted by Gasteiger charge is 2.29. The second kappa shape index (κ2) is 8.14. The first kappa shape index (κ1) is 18.8. The lowest BCUT2D eigenvalue weighted by molar-refractivity contribution is -0.139. The summed E-state index contributed by atoms with van der Waals surface area (Å²) in [5.74, 6) is -0.446. The maximum Gasteiger partial charge on any atom is 0.321 e. The number of nitrogens with one attached hydrogen (secondary N) is 2. The van der Waals surface area contributed by atoms with Gasteiger partial charge in [-0.2, -0.15) is 0 Å². The van der Waals surface area contributed by atoms with Gasteiger partial charge < -0.3 is 20.3 Å². The third kappa shape index (κ3) is 4.06. The number of benzene rings is 2. The van der Waals surface area contributed by atoms with Crippen LogP contribution >= 0.6 is 0 Å². The molecule has 2 atom stereocenters. The van der Waals surface area contributed by atoms with Gasteiger partial charge in [-0.15, -0.1) is 0 Å². The average molecular weight is 368 g/mol. The van der Waals surface area contributed by atoms with Gasteiger partial charge >= 0.3 is 5.97 Å². The molecule has 3 rings (SSSR count). The molecule has 2 unspecified atom stereocenters. The number of carboxylic acid groups (broad SMARTS) is 1. The number of anilines is 1. The smallest absolute Gasteiger partial charge is 0.321 e. The number of rotatable bonds is 6. The monoisotopic (exact) mass is 368 g/mol. The first-order valence-corrected chi connectivity index (χ1v) is 8.96. The van der Waals surface area contributed by atoms with E-state index >= 15 is 0 Å². The van der Waals surface area contributed by atoms with Gasteiger partial charge in [0.05, 0.1) is 12.6 Å². The minimum Gasteiger partial charge on any atom is -0.504 e. The van der Waals surface area contributed by atoms with Crippen molar-refractivity contribution in [2.45, 2.75) is 25.4 Å². The number of phenolic OH excluding ortho intramolecular Hbond substituents is 1. The molecular weight excluding hydrogens is 344 g/mol. The molecule has 0 amide bonds. The molecule has 0 bridgehead atoms. The zero-order valence-corrected chi connectivity index (χ0v) is 15.4. The van der Waals surface area contributed by atoms with Crippen molar-refractivity contribution in [2.24, 2.45) is 0 Å². The van der Waals surface area contributed by atoms with Crippen LogP contribution in [0.1, 0.15) is 30.5 Å². The highest BCUT2D eigenvalue weighted by atomic mass is 16.5. The fraction of sp³-hybridized carbons (Fsp3) is 0.286. The fourth-order valence-corrected chi connectivity index (χ4v) is 3.35. The van der Waals surface area contributed by atoms with E-state index in [1.54, 1.807) is 12.1 Å². The molecule has 4 N–H and O–H groups in total. The van der Waals surface area contributed by atoms with Gasteiger partial charge in [0.15, 0.2) is 11.5 Å². The van der Waals surface area contributed by atoms with Gasteiger partial charge in [0.25, 0.3) is 0 Å². The van der Waals surface area contributed by atoms with Crippen LogP contribution < -0.4 is 15.4 Å². The van der Waals surface area contributed by atoms with Crippen molar-refractivity contribution in [1.82, 2.24) is 5.32 Å². The number of phenols is 1. The maximum atomic E-state index is 11.7. The van der Waals surface area contributed by atoms with E-state index in [-0.39, 0.29) is 11.8 Å². The number of para-hydroxylation sites is 1. The topological polar surface area (TPSA) is 90.8 Å². The minimum atomic E-state index is -0.900. The second-order valence-electron chi connectivity index (χ2n) is 6.39. The lowest BCUT2D eigenvalue weighted by Gasteiger charge is -2.29. The Labute approximate surface area is 158 Å². The van der Waals surface area contributed by atoms with Gasteiger partial charge in [-0.1, -0.05) is 30.3 Å². The van der Waals surface area contributed by atoms with Gasteiger partial charge in [-0.25, -0.2) is 0 Å². The van der Waals surface area contributed by atoms with Gasteiger partial charge in [-0.05, 0) is 42.7 Å². The van der Waals surface area contributed by atoms with Gasteiger partial charge in [-0.3, -0.25) is 10.1 Å². The van der Waals surface area contributed by atoms with E-state index < -0.39 is 12.0 Å². The molecule has 0 saturated heterocycles. The summed E-state index contributed by atoms with van der Waals surface area (Å²) < 4.78 is 5.37. The zero-order valence-electron chi connectivity index (χ0n) is 15.4. The molecule has 1 aliphatic rings. The predicted octanol–water partition coefficient (Wildman–Crippen LogP) is 3.40. The van der Waals surface area contributed by atoms with Crippen molar-refractivity contribution in [3.8, 4) is 11.5 Å². The highest BCUT2D eigenvalue weighted by molar-refractivity contribution is 5.83. The third-order valence-electron chi connectivity index (χ3n) is 4.66. The normalized spacial score (nSPS) is 19.3. The second-order valence-corrected chi connectivity index (χ2v) is 6.39. The molecular formula is C21H24N2O4. The van der Waals surface area contributed by atoms with Crippen molar-refractivity contribution in [3.05, 3.63) is 59.7 Å². The van der Waals surface area contributed by atoms with E-state index in [4.69, 9.17) is 4.74 Å². The van der Waals surface area contributed by atoms with Crippen molar-refractivity contribution < 1.29 is 19.7 Å². The fourth-order valence-electron chi connectivity index (χ4n) is 3.35. The van der Waals surface area contributed by atoms with Crippen molar-refractivity contribution in [3.63, 3.8) is 0 Å². The minimum absolute atomic E-state index is 0.0409. The number of carboxylic acids is 1. The van der Waals surface area contributed by atoms with Gasteiger partial charge in [0.2, 0.25) is 0 Å². The molecule has 6 heteroatoms. The van der Waals surface area contributed by atoms with Crippen molar-refractivity contribution in [2.75, 3.05) is 19.0 Å². The van der Waals surface area contributed by atoms with Gasteiger partial charge in [0, 0.05) is 18.3 Å². The standard InChI is InChI=1S/C21H24N2O4/c1-3-27-20-9-8-13(12-19(20)24)17-10-14(11-18(23-17)21(25)26)15-6-4-5-7-16(15)22-2/h4-10,12,17-18,22-24H,3,11H2,1-2H3,(H,25,26). The lowest BCUT2D eigenvalue weighted by atomic mass is 9.89. The molecule has 6 nitrogen and oxygen atoms in total. The Bertz CT molecular complexity index is 863. The number of aliphatic carboxylic acids is 1. The number of hydrogen-bond acceptors (Lipinski definition) is 5. The molecule has 2 aromatic carbocycles. The molecule has 0 aliphatic carbocycles. The molecule has 0 fully saturated rings. The first-order valence-electron chi connectivity index (χ1n) is 8.96. The Morgan fingerprint density at radius 3 is 2.74 bits per heavy atom. The molecule has 1 heterocycles. The van der Waals surface area contributed by atoms with Crippen molar-refractivity contribution in [1.29, 1.82) is 0 Å². The molecule has 0 spiro atoms. The summed E-state index contributed by atoms with van der Waals surface area (Å²) in [6, 6.07) is 11.9. The Morgan fingerprint density at radius 2 is 2.07 bits per heavy atom. The summed E-state index contributed by atoms with van der Waals surface area (Å²) in [4.78, 5) is 11.7. The molecule has 27 heavy (non-hydrogen) atoms. The van der Waals surface area contributed by atoms with E-state index in [0.717, 1.165) is 22.4 Å². The summed E-state index contributed by atoms with van der Waals surface area (Å²) in [6.45, 7) is 2.31. The molecule has 0 saturated carbocycles. The SMILES string of the molecule is CCOc1ccc(C2C=C(c3ccccc3NC)CC(C(=O)O)N2)cc1O. The van der Waals surface area contributed by atoms with Crippen LogP contribution in [0.5, 0.6) is 11.5 Å². The Balaban J connectivity index is 2.01. The summed E-state index contributed by atoms with van der Waals surface area (Å²) in [7, 11) is 1.84. The number of hydrogen-bond donors (Lipinski definition) is 4. The largest absolute Gasteiger partial charge is 0.504 e. The Morgan fingerprint density at radius 1 is 1.30 bits per heavy atom. The summed E-state index contributed by atoms with van der Waals surface area (Å²) in [5.41, 5.74) is 3.65.